The third-order valence-corrected chi connectivity index (χ3v) is 2.52. The average Bonchev–Trinajstić information content (AvgIpc) is 2.13. The van der Waals surface area contributed by atoms with Gasteiger partial charge in [0.25, 0.3) is 0 Å². The summed E-state index contributed by atoms with van der Waals surface area (Å²) in [6.45, 7) is 8.60. The summed E-state index contributed by atoms with van der Waals surface area (Å²) in [4.78, 5) is 21.9. The minimum atomic E-state index is -1.41. The Balaban J connectivity index is 3.81. The molecule has 0 aromatic carbocycles. The fourth-order valence-electron chi connectivity index (χ4n) is 1.98. The number of carboxylic acid groups (broad SMARTS) is 1. The lowest BCUT2D eigenvalue weighted by molar-refractivity contribution is -0.147. The van der Waals surface area contributed by atoms with Crippen molar-refractivity contribution in [3.63, 3.8) is 0 Å². The van der Waals surface area contributed by atoms with E-state index in [4.69, 9.17) is 10.2 Å². The van der Waals surface area contributed by atoms with E-state index in [1.54, 1.807) is 0 Å². The highest BCUT2D eigenvalue weighted by atomic mass is 16.4. The molecule has 0 spiro atoms. The van der Waals surface area contributed by atoms with Crippen LogP contribution in [-0.2, 0) is 9.59 Å². The van der Waals surface area contributed by atoms with E-state index >= 15 is 0 Å². The zero-order valence-corrected chi connectivity index (χ0v) is 11.7. The molecule has 0 heterocycles. The van der Waals surface area contributed by atoms with Crippen LogP contribution < -0.4 is 5.32 Å². The normalized spacial score (nSPS) is 14.9. The molecule has 2 atom stereocenters. The number of aliphatic carboxylic acids is 1. The van der Waals surface area contributed by atoms with Crippen LogP contribution >= 0.6 is 0 Å². The zero-order valence-electron chi connectivity index (χ0n) is 11.7. The highest BCUT2D eigenvalue weighted by molar-refractivity contribution is 5.76. The zero-order chi connectivity index (χ0) is 14.3. The van der Waals surface area contributed by atoms with Gasteiger partial charge in [0.2, 0.25) is 5.91 Å². The first kappa shape index (κ1) is 16.9. The van der Waals surface area contributed by atoms with Crippen LogP contribution in [-0.4, -0.2) is 34.7 Å². The van der Waals surface area contributed by atoms with Crippen molar-refractivity contribution in [2.24, 2.45) is 11.3 Å². The maximum absolute atomic E-state index is 11.6. The van der Waals surface area contributed by atoms with E-state index in [0.717, 1.165) is 6.42 Å². The molecule has 5 heteroatoms. The molecular weight excluding hydrogens is 234 g/mol. The fourth-order valence-corrected chi connectivity index (χ4v) is 1.98. The summed E-state index contributed by atoms with van der Waals surface area (Å²) >= 11 is 0. The first-order valence-corrected chi connectivity index (χ1v) is 6.29. The molecule has 0 radical (unpaired) electrons. The lowest BCUT2D eigenvalue weighted by atomic mass is 9.84. The quantitative estimate of drug-likeness (QED) is 0.645. The van der Waals surface area contributed by atoms with Crippen molar-refractivity contribution in [2.75, 3.05) is 6.54 Å². The minimum absolute atomic E-state index is 0.0364. The van der Waals surface area contributed by atoms with Gasteiger partial charge in [-0.15, -0.1) is 0 Å². The molecule has 0 rings (SSSR count). The molecule has 0 bridgehead atoms. The Kier molecular flexibility index (Phi) is 6.91. The highest BCUT2D eigenvalue weighted by Crippen LogP contribution is 2.25. The van der Waals surface area contributed by atoms with E-state index in [2.05, 4.69) is 26.1 Å². The predicted molar refractivity (Wildman–Crippen MR) is 69.1 cm³/mol. The molecule has 18 heavy (non-hydrogen) atoms. The Hall–Kier alpha value is -1.10. The Morgan fingerprint density at radius 1 is 1.28 bits per heavy atom. The van der Waals surface area contributed by atoms with E-state index in [9.17, 15) is 9.59 Å². The number of carbonyl (C=O) groups excluding carboxylic acids is 1. The van der Waals surface area contributed by atoms with E-state index in [1.165, 1.54) is 0 Å². The van der Waals surface area contributed by atoms with Crippen LogP contribution in [0.4, 0.5) is 0 Å². The molecule has 0 aliphatic heterocycles. The van der Waals surface area contributed by atoms with Gasteiger partial charge in [-0.05, 0) is 17.8 Å². The van der Waals surface area contributed by atoms with Crippen LogP contribution in [0.2, 0.25) is 0 Å². The molecule has 0 aliphatic carbocycles. The summed E-state index contributed by atoms with van der Waals surface area (Å²) in [5.41, 5.74) is 0.194. The average molecular weight is 259 g/mol. The first-order valence-electron chi connectivity index (χ1n) is 6.29. The third kappa shape index (κ3) is 8.98. The van der Waals surface area contributed by atoms with Crippen LogP contribution in [0, 0.1) is 11.3 Å². The Labute approximate surface area is 109 Å². The Morgan fingerprint density at radius 3 is 2.28 bits per heavy atom. The second-order valence-corrected chi connectivity index (χ2v) is 6.07. The van der Waals surface area contributed by atoms with Crippen LogP contribution in [0.5, 0.6) is 0 Å². The van der Waals surface area contributed by atoms with Gasteiger partial charge >= 0.3 is 5.97 Å². The SMILES string of the molecule is CC(CC(=O)NCCC(O)C(=O)O)CC(C)(C)C. The maximum atomic E-state index is 11.6. The van der Waals surface area contributed by atoms with Crippen molar-refractivity contribution in [1.82, 2.24) is 5.32 Å². The summed E-state index contributed by atoms with van der Waals surface area (Å²) in [5, 5.41) is 20.1. The maximum Gasteiger partial charge on any atom is 0.332 e. The molecule has 2 unspecified atom stereocenters. The number of hydrogen-bond donors (Lipinski definition) is 3. The molecule has 3 N–H and O–H groups in total. The second-order valence-electron chi connectivity index (χ2n) is 6.07. The van der Waals surface area contributed by atoms with Gasteiger partial charge in [-0.2, -0.15) is 0 Å². The van der Waals surface area contributed by atoms with Crippen molar-refractivity contribution >= 4 is 11.9 Å². The predicted octanol–water partition coefficient (Wildman–Crippen LogP) is 1.40. The second kappa shape index (κ2) is 7.36. The summed E-state index contributed by atoms with van der Waals surface area (Å²) in [6, 6.07) is 0. The van der Waals surface area contributed by atoms with E-state index in [0.29, 0.717) is 6.42 Å². The monoisotopic (exact) mass is 259 g/mol. The molecule has 0 saturated heterocycles. The van der Waals surface area contributed by atoms with Crippen LogP contribution in [0.3, 0.4) is 0 Å². The highest BCUT2D eigenvalue weighted by Gasteiger charge is 2.18. The molecular formula is C13H25NO4. The topological polar surface area (TPSA) is 86.6 Å². The Bertz CT molecular complexity index is 283. The van der Waals surface area contributed by atoms with Gasteiger partial charge < -0.3 is 15.5 Å². The largest absolute Gasteiger partial charge is 0.479 e. The van der Waals surface area contributed by atoms with Crippen LogP contribution in [0.15, 0.2) is 0 Å². The number of carbonyl (C=O) groups is 2. The number of rotatable bonds is 7. The van der Waals surface area contributed by atoms with Crippen LogP contribution in [0.25, 0.3) is 0 Å². The van der Waals surface area contributed by atoms with Gasteiger partial charge in [-0.25, -0.2) is 4.79 Å². The molecule has 0 aromatic heterocycles. The minimum Gasteiger partial charge on any atom is -0.479 e. The van der Waals surface area contributed by atoms with E-state index in [-0.39, 0.29) is 30.2 Å². The molecule has 0 aliphatic rings. The van der Waals surface area contributed by atoms with Gasteiger partial charge in [0.1, 0.15) is 0 Å². The number of amides is 1. The smallest absolute Gasteiger partial charge is 0.332 e. The standard InChI is InChI=1S/C13H25NO4/c1-9(8-13(2,3)4)7-11(16)14-6-5-10(15)12(17)18/h9-10,15H,5-8H2,1-4H3,(H,14,16)(H,17,18). The van der Waals surface area contributed by atoms with Crippen molar-refractivity contribution in [2.45, 2.75) is 53.1 Å². The number of carboxylic acids is 1. The molecule has 0 aromatic rings. The van der Waals surface area contributed by atoms with E-state index < -0.39 is 12.1 Å². The van der Waals surface area contributed by atoms with Crippen molar-refractivity contribution < 1.29 is 19.8 Å². The van der Waals surface area contributed by atoms with Gasteiger partial charge in [-0.1, -0.05) is 27.7 Å². The summed E-state index contributed by atoms with van der Waals surface area (Å²) < 4.78 is 0. The first-order chi connectivity index (χ1) is 8.11. The van der Waals surface area contributed by atoms with E-state index in [1.807, 2.05) is 6.92 Å². The summed E-state index contributed by atoms with van der Waals surface area (Å²) in [5.74, 6) is -1.07. The lowest BCUT2D eigenvalue weighted by Crippen LogP contribution is -2.31. The Morgan fingerprint density at radius 2 is 1.83 bits per heavy atom. The van der Waals surface area contributed by atoms with Crippen molar-refractivity contribution in [1.29, 1.82) is 0 Å². The number of aliphatic hydroxyl groups excluding tert-OH is 1. The van der Waals surface area contributed by atoms with Gasteiger partial charge in [0.05, 0.1) is 0 Å². The van der Waals surface area contributed by atoms with Crippen molar-refractivity contribution in [3.05, 3.63) is 0 Å². The van der Waals surface area contributed by atoms with Gasteiger partial charge in [-0.3, -0.25) is 4.79 Å². The molecule has 1 amide bonds. The lowest BCUT2D eigenvalue weighted by Gasteiger charge is -2.22. The van der Waals surface area contributed by atoms with Gasteiger partial charge in [0.15, 0.2) is 6.10 Å². The van der Waals surface area contributed by atoms with Crippen molar-refractivity contribution in [3.8, 4) is 0 Å². The molecule has 106 valence electrons. The summed E-state index contributed by atoms with van der Waals surface area (Å²) in [6.07, 6.45) is 0.0187. The number of aliphatic hydroxyl groups is 1. The third-order valence-electron chi connectivity index (χ3n) is 2.52. The number of nitrogens with one attached hydrogen (secondary N) is 1. The summed E-state index contributed by atoms with van der Waals surface area (Å²) in [7, 11) is 0. The molecule has 0 fully saturated rings. The fraction of sp³-hybridized carbons (Fsp3) is 0.846. The van der Waals surface area contributed by atoms with Gasteiger partial charge in [0, 0.05) is 19.4 Å². The molecule has 0 saturated carbocycles. The number of hydrogen-bond acceptors (Lipinski definition) is 3. The molecule has 5 nitrogen and oxygen atoms in total. The van der Waals surface area contributed by atoms with Crippen LogP contribution in [0.1, 0.15) is 47.0 Å².